The van der Waals surface area contributed by atoms with Crippen LogP contribution in [0.2, 0.25) is 0 Å². The molecule has 1 saturated heterocycles. The fraction of sp³-hybridized carbons (Fsp3) is 0.538. The number of carbonyl (C=O) groups is 1. The Morgan fingerprint density at radius 1 is 1.38 bits per heavy atom. The van der Waals surface area contributed by atoms with Crippen LogP contribution in [0.3, 0.4) is 0 Å². The van der Waals surface area contributed by atoms with Crippen LogP contribution in [0.5, 0.6) is 0 Å². The second kappa shape index (κ2) is 5.34. The highest BCUT2D eigenvalue weighted by Gasteiger charge is 2.49. The highest BCUT2D eigenvalue weighted by molar-refractivity contribution is 5.73. The summed E-state index contributed by atoms with van der Waals surface area (Å²) in [4.78, 5) is 25.7. The van der Waals surface area contributed by atoms with Gasteiger partial charge in [0.2, 0.25) is 0 Å². The van der Waals surface area contributed by atoms with Gasteiger partial charge in [0.1, 0.15) is 30.3 Å². The van der Waals surface area contributed by atoms with Crippen molar-refractivity contribution in [1.82, 2.24) is 14.5 Å². The molecule has 11 nitrogen and oxygen atoms in total. The lowest BCUT2D eigenvalue weighted by atomic mass is 10.1. The van der Waals surface area contributed by atoms with Crippen molar-refractivity contribution < 1.29 is 30.0 Å². The van der Waals surface area contributed by atoms with Crippen molar-refractivity contribution >= 4 is 18.0 Å². The molecule has 5 atom stereocenters. The lowest BCUT2D eigenvalue weighted by molar-refractivity contribution is -0.160. The summed E-state index contributed by atoms with van der Waals surface area (Å²) < 4.78 is 6.81. The standard InChI is InChI=1S/C13H15N5O6/c19-6-7(20)12(24-9(6)8(21)13(22)23)18-4-15-5-10-14-1-2-17(10)3-16-11(5)18/h1,4,6-9,12,19-21H,2-3H2,(H,22,23)/t6-,7+,8?,9-,12+/m0/s1. The number of rotatable bonds is 3. The Hall–Kier alpha value is -2.34. The van der Waals surface area contributed by atoms with E-state index in [1.165, 1.54) is 10.9 Å². The van der Waals surface area contributed by atoms with Gasteiger partial charge in [-0.2, -0.15) is 0 Å². The topological polar surface area (TPSA) is 153 Å². The molecule has 3 aliphatic rings. The van der Waals surface area contributed by atoms with Crippen LogP contribution in [0.4, 0.5) is 0 Å². The van der Waals surface area contributed by atoms with E-state index in [2.05, 4.69) is 15.0 Å². The number of aromatic nitrogens is 2. The molecule has 1 unspecified atom stereocenters. The molecule has 128 valence electrons. The fourth-order valence-corrected chi connectivity index (χ4v) is 3.05. The Morgan fingerprint density at radius 3 is 2.92 bits per heavy atom. The van der Waals surface area contributed by atoms with E-state index in [9.17, 15) is 20.1 Å². The second-order valence-corrected chi connectivity index (χ2v) is 5.74. The van der Waals surface area contributed by atoms with Crippen LogP contribution in [-0.2, 0) is 9.53 Å². The number of ether oxygens (including phenoxy) is 1. The highest BCUT2D eigenvalue weighted by atomic mass is 16.6. The highest BCUT2D eigenvalue weighted by Crippen LogP contribution is 2.30. The Kier molecular flexibility index (Phi) is 3.38. The summed E-state index contributed by atoms with van der Waals surface area (Å²) in [5.74, 6) is -0.885. The fourth-order valence-electron chi connectivity index (χ4n) is 3.05. The SMILES string of the molecule is O=C(O)C(O)[C@H]1O[C@@H](n2cnc3c2=NCN2CC=NC=32)[C@H](O)[C@@H]1O. The van der Waals surface area contributed by atoms with E-state index in [1.807, 2.05) is 4.90 Å². The van der Waals surface area contributed by atoms with Gasteiger partial charge in [-0.3, -0.25) is 4.57 Å². The maximum Gasteiger partial charge on any atom is 0.335 e. The van der Waals surface area contributed by atoms with Crippen molar-refractivity contribution in [2.24, 2.45) is 9.98 Å². The molecule has 0 amide bonds. The van der Waals surface area contributed by atoms with Gasteiger partial charge in [-0.05, 0) is 0 Å². The third kappa shape index (κ3) is 2.06. The van der Waals surface area contributed by atoms with Crippen LogP contribution < -0.4 is 10.8 Å². The minimum atomic E-state index is -1.96. The number of aliphatic hydroxyl groups is 3. The zero-order valence-corrected chi connectivity index (χ0v) is 12.3. The second-order valence-electron chi connectivity index (χ2n) is 5.74. The molecule has 3 aliphatic heterocycles. The monoisotopic (exact) mass is 337 g/mol. The number of carboxylic acids is 1. The van der Waals surface area contributed by atoms with Crippen molar-refractivity contribution in [3.63, 3.8) is 0 Å². The number of fused-ring (bicyclic) bond motifs is 2. The summed E-state index contributed by atoms with van der Waals surface area (Å²) in [5, 5.41) is 39.2. The Bertz CT molecular complexity index is 834. The molecule has 0 radical (unpaired) electrons. The van der Waals surface area contributed by atoms with E-state index in [0.29, 0.717) is 29.9 Å². The normalized spacial score (nSPS) is 32.5. The van der Waals surface area contributed by atoms with Gasteiger partial charge in [-0.1, -0.05) is 0 Å². The van der Waals surface area contributed by atoms with E-state index in [1.54, 1.807) is 6.21 Å². The van der Waals surface area contributed by atoms with E-state index in [0.717, 1.165) is 0 Å². The molecule has 4 heterocycles. The van der Waals surface area contributed by atoms with Crippen LogP contribution in [-0.4, -0.2) is 84.7 Å². The maximum absolute atomic E-state index is 10.9. The first-order chi connectivity index (χ1) is 11.5. The molecule has 0 aliphatic carbocycles. The van der Waals surface area contributed by atoms with Gasteiger partial charge < -0.3 is 30.1 Å². The summed E-state index contributed by atoms with van der Waals surface area (Å²) in [6.07, 6.45) is -4.41. The minimum absolute atomic E-state index is 0.362. The molecule has 1 aromatic rings. The van der Waals surface area contributed by atoms with Gasteiger partial charge in [0, 0.05) is 6.21 Å². The van der Waals surface area contributed by atoms with Gasteiger partial charge in [0.15, 0.2) is 23.6 Å². The molecule has 24 heavy (non-hydrogen) atoms. The summed E-state index contributed by atoms with van der Waals surface area (Å²) in [6.45, 7) is 1.000. The molecule has 0 spiro atoms. The van der Waals surface area contributed by atoms with Gasteiger partial charge in [0.05, 0.1) is 12.9 Å². The number of imidazole rings is 1. The van der Waals surface area contributed by atoms with Gasteiger partial charge in [0.25, 0.3) is 0 Å². The molecule has 11 heteroatoms. The summed E-state index contributed by atoms with van der Waals surface area (Å²) >= 11 is 0. The molecule has 4 rings (SSSR count). The third-order valence-corrected chi connectivity index (χ3v) is 4.30. The van der Waals surface area contributed by atoms with Crippen LogP contribution in [0.1, 0.15) is 6.23 Å². The van der Waals surface area contributed by atoms with Crippen LogP contribution in [0, 0.1) is 0 Å². The van der Waals surface area contributed by atoms with Crippen molar-refractivity contribution in [2.75, 3.05) is 13.2 Å². The number of aliphatic imine (C=N–C) groups is 1. The lowest BCUT2D eigenvalue weighted by Gasteiger charge is -2.20. The van der Waals surface area contributed by atoms with Gasteiger partial charge >= 0.3 is 5.97 Å². The lowest BCUT2D eigenvalue weighted by Crippen LogP contribution is -2.44. The van der Waals surface area contributed by atoms with Crippen LogP contribution in [0.15, 0.2) is 16.3 Å². The molecule has 1 fully saturated rings. The average molecular weight is 337 g/mol. The molecule has 4 N–H and O–H groups in total. The van der Waals surface area contributed by atoms with Crippen molar-refractivity contribution in [3.05, 3.63) is 17.2 Å². The average Bonchev–Trinajstić information content (AvgIpc) is 3.25. The quantitative estimate of drug-likeness (QED) is 0.435. The van der Waals surface area contributed by atoms with Crippen LogP contribution >= 0.6 is 0 Å². The Labute approximate surface area is 134 Å². The largest absolute Gasteiger partial charge is 0.479 e. The first-order valence-corrected chi connectivity index (χ1v) is 7.30. The number of aliphatic hydroxyl groups excluding tert-OH is 3. The van der Waals surface area contributed by atoms with Gasteiger partial charge in [-0.25, -0.2) is 19.8 Å². The van der Waals surface area contributed by atoms with Crippen molar-refractivity contribution in [3.8, 4) is 0 Å². The molecular formula is C13H15N5O6. The van der Waals surface area contributed by atoms with E-state index < -0.39 is 36.6 Å². The van der Waals surface area contributed by atoms with E-state index >= 15 is 0 Å². The molecule has 0 aromatic carbocycles. The number of carboxylic acid groups (broad SMARTS) is 1. The number of aliphatic carboxylic acids is 1. The van der Waals surface area contributed by atoms with Crippen molar-refractivity contribution in [1.29, 1.82) is 0 Å². The first-order valence-electron chi connectivity index (χ1n) is 7.30. The number of nitrogens with zero attached hydrogens (tertiary/aromatic N) is 5. The number of hydrogen-bond acceptors (Lipinski definition) is 9. The van der Waals surface area contributed by atoms with Crippen LogP contribution in [0.25, 0.3) is 5.82 Å². The number of hydrogen-bond donors (Lipinski definition) is 4. The molecule has 0 saturated carbocycles. The van der Waals surface area contributed by atoms with E-state index in [4.69, 9.17) is 9.84 Å². The summed E-state index contributed by atoms with van der Waals surface area (Å²) in [6, 6.07) is 0. The zero-order valence-electron chi connectivity index (χ0n) is 12.3. The predicted molar refractivity (Wildman–Crippen MR) is 76.0 cm³/mol. The minimum Gasteiger partial charge on any atom is -0.479 e. The third-order valence-electron chi connectivity index (χ3n) is 4.30. The zero-order chi connectivity index (χ0) is 17.0. The predicted octanol–water partition coefficient (Wildman–Crippen LogP) is -4.01. The Balaban J connectivity index is 1.73. The Morgan fingerprint density at radius 2 is 2.17 bits per heavy atom. The molecular weight excluding hydrogens is 322 g/mol. The summed E-state index contributed by atoms with van der Waals surface area (Å²) in [7, 11) is 0. The van der Waals surface area contributed by atoms with Crippen molar-refractivity contribution in [2.45, 2.75) is 30.6 Å². The van der Waals surface area contributed by atoms with Gasteiger partial charge in [-0.15, -0.1) is 0 Å². The molecule has 1 aromatic heterocycles. The first kappa shape index (κ1) is 15.2. The summed E-state index contributed by atoms with van der Waals surface area (Å²) in [5.41, 5.74) is 0.419. The van der Waals surface area contributed by atoms with E-state index in [-0.39, 0.29) is 0 Å². The smallest absolute Gasteiger partial charge is 0.335 e. The maximum atomic E-state index is 10.9. The molecule has 0 bridgehead atoms.